The summed E-state index contributed by atoms with van der Waals surface area (Å²) in [5.74, 6) is 7.22. The van der Waals surface area contributed by atoms with Crippen LogP contribution in [-0.2, 0) is 9.59 Å². The monoisotopic (exact) mass is 535 g/mol. The van der Waals surface area contributed by atoms with Gasteiger partial charge in [-0.2, -0.15) is 9.37 Å². The summed E-state index contributed by atoms with van der Waals surface area (Å²) in [6, 6.07) is 2.44. The second kappa shape index (κ2) is 14.4. The maximum atomic E-state index is 13.4. The Morgan fingerprint density at radius 2 is 2.03 bits per heavy atom. The Bertz CT molecular complexity index is 1230. The topological polar surface area (TPSA) is 103 Å². The van der Waals surface area contributed by atoms with Crippen LogP contribution >= 0.6 is 0 Å². The molecule has 0 spiro atoms. The summed E-state index contributed by atoms with van der Waals surface area (Å²) in [6.07, 6.45) is 9.39. The standard InChI is InChI=1S/C29H38FN7O2/c1-6-12-32-28-23(19-33-29(35-28)34-24-11-13-31-26(30)18-24)10-9-21-15-22(16-21)17-25(38)20(2)37(5)27(39)8-7-14-36(3)4/h7-8,11,13,18-22H,6,12,14-17H2,1-5H3,(H2,31,32,33,34,35)/b8-7+/t20-,21?,22?/m0/s1. The zero-order valence-electron chi connectivity index (χ0n) is 23.4. The molecule has 2 heterocycles. The quantitative estimate of drug-likeness (QED) is 0.240. The maximum Gasteiger partial charge on any atom is 0.246 e. The van der Waals surface area contributed by atoms with Crippen molar-refractivity contribution in [2.75, 3.05) is 44.9 Å². The Labute approximate surface area is 230 Å². The average molecular weight is 536 g/mol. The van der Waals surface area contributed by atoms with Crippen LogP contribution in [0.2, 0.25) is 0 Å². The van der Waals surface area contributed by atoms with Gasteiger partial charge < -0.3 is 20.4 Å². The number of nitrogens with one attached hydrogen (secondary N) is 2. The third-order valence-electron chi connectivity index (χ3n) is 6.58. The van der Waals surface area contributed by atoms with Crippen LogP contribution in [0, 0.1) is 29.6 Å². The molecule has 9 nitrogen and oxygen atoms in total. The van der Waals surface area contributed by atoms with Gasteiger partial charge in [0.15, 0.2) is 5.78 Å². The summed E-state index contributed by atoms with van der Waals surface area (Å²) in [6.45, 7) is 5.24. The van der Waals surface area contributed by atoms with E-state index < -0.39 is 12.0 Å². The molecule has 0 aliphatic heterocycles. The summed E-state index contributed by atoms with van der Waals surface area (Å²) in [4.78, 5) is 41.0. The Morgan fingerprint density at radius 3 is 2.72 bits per heavy atom. The van der Waals surface area contributed by atoms with E-state index in [0.29, 0.717) is 36.0 Å². The number of carbonyl (C=O) groups is 2. The Kier molecular flexibility index (Phi) is 10.9. The fourth-order valence-corrected chi connectivity index (χ4v) is 4.06. The number of nitrogens with zero attached hydrogens (tertiary/aromatic N) is 5. The first-order chi connectivity index (χ1) is 18.7. The molecule has 39 heavy (non-hydrogen) atoms. The Morgan fingerprint density at radius 1 is 1.26 bits per heavy atom. The minimum atomic E-state index is -0.588. The van der Waals surface area contributed by atoms with E-state index in [1.807, 2.05) is 19.0 Å². The SMILES string of the molecule is CCCNc1nc(Nc2ccnc(F)c2)ncc1C#CC1CC(CC(=O)[C@H](C)N(C)C(=O)/C=C/CN(C)C)C1. The van der Waals surface area contributed by atoms with Crippen LogP contribution in [-0.4, -0.2) is 76.7 Å². The van der Waals surface area contributed by atoms with E-state index in [1.165, 1.54) is 23.2 Å². The van der Waals surface area contributed by atoms with Gasteiger partial charge in [0.2, 0.25) is 17.8 Å². The number of anilines is 3. The third kappa shape index (κ3) is 9.14. The highest BCUT2D eigenvalue weighted by Crippen LogP contribution is 2.36. The van der Waals surface area contributed by atoms with Gasteiger partial charge in [0.25, 0.3) is 0 Å². The fraction of sp³-hybridized carbons (Fsp3) is 0.483. The molecule has 1 atom stereocenters. The largest absolute Gasteiger partial charge is 0.369 e. The van der Waals surface area contributed by atoms with Gasteiger partial charge in [-0.3, -0.25) is 9.59 Å². The Balaban J connectivity index is 1.54. The van der Waals surface area contributed by atoms with Crippen molar-refractivity contribution < 1.29 is 14.0 Å². The first-order valence-electron chi connectivity index (χ1n) is 13.3. The fourth-order valence-electron chi connectivity index (χ4n) is 4.06. The molecule has 1 aliphatic carbocycles. The number of halogens is 1. The third-order valence-corrected chi connectivity index (χ3v) is 6.58. The minimum Gasteiger partial charge on any atom is -0.369 e. The van der Waals surface area contributed by atoms with Crippen LogP contribution in [0.4, 0.5) is 21.8 Å². The Hall–Kier alpha value is -3.84. The van der Waals surface area contributed by atoms with Crippen molar-refractivity contribution in [3.8, 4) is 11.8 Å². The second-order valence-corrected chi connectivity index (χ2v) is 10.1. The molecule has 0 aromatic carbocycles. The van der Waals surface area contributed by atoms with Crippen LogP contribution in [0.1, 0.15) is 45.1 Å². The number of likely N-dealkylation sites (N-methyl/N-ethyl adjacent to an activating group) is 2. The molecule has 0 saturated heterocycles. The molecule has 0 radical (unpaired) electrons. The van der Waals surface area contributed by atoms with E-state index in [9.17, 15) is 14.0 Å². The number of aromatic nitrogens is 3. The number of hydrogen-bond donors (Lipinski definition) is 2. The molecule has 1 aliphatic rings. The van der Waals surface area contributed by atoms with Crippen molar-refractivity contribution in [1.29, 1.82) is 0 Å². The predicted octanol–water partition coefficient (Wildman–Crippen LogP) is 3.88. The van der Waals surface area contributed by atoms with Crippen molar-refractivity contribution >= 4 is 29.1 Å². The molecule has 3 rings (SSSR count). The van der Waals surface area contributed by atoms with Gasteiger partial charge in [-0.1, -0.05) is 24.8 Å². The normalized spacial score (nSPS) is 17.2. The van der Waals surface area contributed by atoms with Gasteiger partial charge in [0.1, 0.15) is 5.82 Å². The molecule has 1 saturated carbocycles. The van der Waals surface area contributed by atoms with Crippen molar-refractivity contribution in [3.63, 3.8) is 0 Å². The summed E-state index contributed by atoms with van der Waals surface area (Å²) in [7, 11) is 5.53. The number of rotatable bonds is 12. The van der Waals surface area contributed by atoms with E-state index >= 15 is 0 Å². The highest BCUT2D eigenvalue weighted by Gasteiger charge is 2.32. The van der Waals surface area contributed by atoms with Crippen molar-refractivity contribution in [3.05, 3.63) is 48.2 Å². The molecule has 2 aromatic heterocycles. The molecule has 1 amide bonds. The highest BCUT2D eigenvalue weighted by molar-refractivity contribution is 5.93. The van der Waals surface area contributed by atoms with Crippen molar-refractivity contribution in [2.45, 2.75) is 45.6 Å². The lowest BCUT2D eigenvalue weighted by molar-refractivity contribution is -0.134. The predicted molar refractivity (Wildman–Crippen MR) is 151 cm³/mol. The zero-order valence-corrected chi connectivity index (χ0v) is 23.4. The van der Waals surface area contributed by atoms with E-state index in [4.69, 9.17) is 0 Å². The first-order valence-corrected chi connectivity index (χ1v) is 13.3. The van der Waals surface area contributed by atoms with Crippen LogP contribution in [0.15, 0.2) is 36.7 Å². The summed E-state index contributed by atoms with van der Waals surface area (Å²) in [5.41, 5.74) is 1.19. The van der Waals surface area contributed by atoms with E-state index in [-0.39, 0.29) is 23.5 Å². The first kappa shape index (κ1) is 29.7. The van der Waals surface area contributed by atoms with Crippen LogP contribution in [0.3, 0.4) is 0 Å². The molecule has 1 fully saturated rings. The van der Waals surface area contributed by atoms with Gasteiger partial charge >= 0.3 is 0 Å². The van der Waals surface area contributed by atoms with Crippen molar-refractivity contribution in [1.82, 2.24) is 24.8 Å². The summed E-state index contributed by atoms with van der Waals surface area (Å²) >= 11 is 0. The minimum absolute atomic E-state index is 0.0693. The number of Topliss-reactive ketones (excluding diaryl/α,β-unsaturated/α-hetero) is 1. The van der Waals surface area contributed by atoms with E-state index in [2.05, 4.69) is 44.4 Å². The van der Waals surface area contributed by atoms with Gasteiger partial charge in [0, 0.05) is 56.5 Å². The smallest absolute Gasteiger partial charge is 0.246 e. The molecule has 208 valence electrons. The summed E-state index contributed by atoms with van der Waals surface area (Å²) in [5, 5.41) is 6.27. The lowest BCUT2D eigenvalue weighted by Crippen LogP contribution is -2.41. The van der Waals surface area contributed by atoms with Gasteiger partial charge in [-0.15, -0.1) is 0 Å². The summed E-state index contributed by atoms with van der Waals surface area (Å²) < 4.78 is 13.4. The van der Waals surface area contributed by atoms with Gasteiger partial charge in [-0.25, -0.2) is 9.97 Å². The molecule has 2 N–H and O–H groups in total. The van der Waals surface area contributed by atoms with E-state index in [1.54, 1.807) is 32.3 Å². The van der Waals surface area contributed by atoms with Gasteiger partial charge in [-0.05, 0) is 52.3 Å². The van der Waals surface area contributed by atoms with Crippen LogP contribution in [0.25, 0.3) is 0 Å². The molecular formula is C29H38FN7O2. The van der Waals surface area contributed by atoms with Crippen LogP contribution < -0.4 is 10.6 Å². The van der Waals surface area contributed by atoms with Crippen molar-refractivity contribution in [2.24, 2.45) is 11.8 Å². The number of ketones is 1. The zero-order chi connectivity index (χ0) is 28.4. The highest BCUT2D eigenvalue weighted by atomic mass is 19.1. The molecular weight excluding hydrogens is 497 g/mol. The van der Waals surface area contributed by atoms with Gasteiger partial charge in [0.05, 0.1) is 17.8 Å². The second-order valence-electron chi connectivity index (χ2n) is 10.1. The number of pyridine rings is 1. The number of hydrogen-bond acceptors (Lipinski definition) is 8. The number of carbonyl (C=O) groups excluding carboxylic acids is 2. The van der Waals surface area contributed by atoms with Crippen LogP contribution in [0.5, 0.6) is 0 Å². The molecule has 0 bridgehead atoms. The number of amides is 1. The average Bonchev–Trinajstić information content (AvgIpc) is 2.88. The molecule has 10 heteroatoms. The molecule has 0 unspecified atom stereocenters. The molecule has 2 aromatic rings. The van der Waals surface area contributed by atoms with E-state index in [0.717, 1.165) is 25.8 Å². The maximum absolute atomic E-state index is 13.4. The lowest BCUT2D eigenvalue weighted by Gasteiger charge is -2.33. The lowest BCUT2D eigenvalue weighted by atomic mass is 9.72.